The summed E-state index contributed by atoms with van der Waals surface area (Å²) in [6, 6.07) is 8.17. The number of rotatable bonds is 7. The second kappa shape index (κ2) is 7.67. The molecule has 2 rings (SSSR count). The van der Waals surface area contributed by atoms with Crippen LogP contribution in [0, 0.1) is 0 Å². The van der Waals surface area contributed by atoms with E-state index in [9.17, 15) is 0 Å². The number of hydrogen-bond acceptors (Lipinski definition) is 5. The molecule has 2 aromatic rings. The van der Waals surface area contributed by atoms with Gasteiger partial charge in [-0.15, -0.1) is 11.8 Å². The molecule has 1 N–H and O–H groups in total. The van der Waals surface area contributed by atoms with Gasteiger partial charge in [0.25, 0.3) is 0 Å². The maximum Gasteiger partial charge on any atom is 0.240 e. The molecular weight excluding hydrogens is 294 g/mol. The molecule has 4 nitrogen and oxygen atoms in total. The molecule has 108 valence electrons. The Morgan fingerprint density at radius 1 is 1.35 bits per heavy atom. The first-order valence-electron chi connectivity index (χ1n) is 6.60. The van der Waals surface area contributed by atoms with Crippen molar-refractivity contribution in [3.8, 4) is 0 Å². The monoisotopic (exact) mass is 311 g/mol. The van der Waals surface area contributed by atoms with Crippen LogP contribution in [0.15, 0.2) is 33.7 Å². The zero-order valence-electron chi connectivity index (χ0n) is 11.6. The molecule has 0 bridgehead atoms. The molecule has 20 heavy (non-hydrogen) atoms. The first kappa shape index (κ1) is 15.4. The molecule has 0 aliphatic rings. The van der Waals surface area contributed by atoms with Gasteiger partial charge < -0.3 is 9.84 Å². The van der Waals surface area contributed by atoms with Crippen molar-refractivity contribution in [3.05, 3.63) is 41.0 Å². The van der Waals surface area contributed by atoms with Crippen molar-refractivity contribution < 1.29 is 4.52 Å². The second-order valence-corrected chi connectivity index (χ2v) is 6.02. The Morgan fingerprint density at radius 3 is 2.80 bits per heavy atom. The van der Waals surface area contributed by atoms with E-state index in [4.69, 9.17) is 16.1 Å². The SMILES string of the molecule is CCC(C)NCc1nc(CSc2ccc(Cl)cc2)no1. The van der Waals surface area contributed by atoms with Crippen molar-refractivity contribution in [2.45, 2.75) is 43.5 Å². The fraction of sp³-hybridized carbons (Fsp3) is 0.429. The highest BCUT2D eigenvalue weighted by atomic mass is 35.5. The van der Waals surface area contributed by atoms with Crippen molar-refractivity contribution in [3.63, 3.8) is 0 Å². The highest BCUT2D eigenvalue weighted by Crippen LogP contribution is 2.23. The van der Waals surface area contributed by atoms with Crippen LogP contribution in [0.4, 0.5) is 0 Å². The molecule has 0 spiro atoms. The smallest absolute Gasteiger partial charge is 0.240 e. The van der Waals surface area contributed by atoms with Crippen LogP contribution in [0.2, 0.25) is 5.02 Å². The normalized spacial score (nSPS) is 12.6. The van der Waals surface area contributed by atoms with Gasteiger partial charge in [-0.25, -0.2) is 0 Å². The van der Waals surface area contributed by atoms with Crippen LogP contribution in [-0.2, 0) is 12.3 Å². The lowest BCUT2D eigenvalue weighted by Crippen LogP contribution is -2.24. The van der Waals surface area contributed by atoms with E-state index in [-0.39, 0.29) is 0 Å². The van der Waals surface area contributed by atoms with Gasteiger partial charge >= 0.3 is 0 Å². The van der Waals surface area contributed by atoms with E-state index >= 15 is 0 Å². The third-order valence-corrected chi connectivity index (χ3v) is 4.17. The second-order valence-electron chi connectivity index (χ2n) is 4.54. The third-order valence-electron chi connectivity index (χ3n) is 2.91. The average Bonchev–Trinajstić information content (AvgIpc) is 2.92. The van der Waals surface area contributed by atoms with Crippen LogP contribution in [0.1, 0.15) is 32.0 Å². The predicted molar refractivity (Wildman–Crippen MR) is 81.9 cm³/mol. The molecule has 1 aromatic carbocycles. The standard InChI is InChI=1S/C14H18ClN3OS/c1-3-10(2)16-8-14-17-13(18-19-14)9-20-12-6-4-11(15)5-7-12/h4-7,10,16H,3,8-9H2,1-2H3. The van der Waals surface area contributed by atoms with Gasteiger partial charge in [0.2, 0.25) is 5.89 Å². The van der Waals surface area contributed by atoms with Gasteiger partial charge in [0.15, 0.2) is 5.82 Å². The summed E-state index contributed by atoms with van der Waals surface area (Å²) in [5.74, 6) is 2.04. The quantitative estimate of drug-likeness (QED) is 0.786. The van der Waals surface area contributed by atoms with Crippen LogP contribution in [0.3, 0.4) is 0 Å². The lowest BCUT2D eigenvalue weighted by atomic mass is 10.3. The maximum absolute atomic E-state index is 5.85. The van der Waals surface area contributed by atoms with E-state index < -0.39 is 0 Å². The van der Waals surface area contributed by atoms with Crippen LogP contribution >= 0.6 is 23.4 Å². The number of aromatic nitrogens is 2. The first-order chi connectivity index (χ1) is 9.67. The molecule has 1 heterocycles. The first-order valence-corrected chi connectivity index (χ1v) is 7.97. The van der Waals surface area contributed by atoms with E-state index in [1.54, 1.807) is 11.8 Å². The summed E-state index contributed by atoms with van der Waals surface area (Å²) in [5.41, 5.74) is 0. The van der Waals surface area contributed by atoms with E-state index in [0.29, 0.717) is 30.1 Å². The van der Waals surface area contributed by atoms with Gasteiger partial charge in [-0.3, -0.25) is 0 Å². The van der Waals surface area contributed by atoms with Gasteiger partial charge in [-0.2, -0.15) is 4.98 Å². The maximum atomic E-state index is 5.85. The van der Waals surface area contributed by atoms with Crippen LogP contribution in [-0.4, -0.2) is 16.2 Å². The molecule has 1 aromatic heterocycles. The van der Waals surface area contributed by atoms with Gasteiger partial charge in [-0.05, 0) is 37.6 Å². The Hall–Kier alpha value is -1.04. The lowest BCUT2D eigenvalue weighted by molar-refractivity contribution is 0.355. The lowest BCUT2D eigenvalue weighted by Gasteiger charge is -2.07. The summed E-state index contributed by atoms with van der Waals surface area (Å²) >= 11 is 7.51. The minimum absolute atomic E-state index is 0.453. The molecule has 0 aliphatic carbocycles. The summed E-state index contributed by atoms with van der Waals surface area (Å²) in [6.45, 7) is 4.89. The average molecular weight is 312 g/mol. The summed E-state index contributed by atoms with van der Waals surface area (Å²) < 4.78 is 5.21. The zero-order valence-corrected chi connectivity index (χ0v) is 13.2. The van der Waals surface area contributed by atoms with E-state index in [2.05, 4.69) is 29.3 Å². The van der Waals surface area contributed by atoms with Crippen molar-refractivity contribution >= 4 is 23.4 Å². The molecule has 0 aliphatic heterocycles. The van der Waals surface area contributed by atoms with E-state index in [0.717, 1.165) is 16.3 Å². The fourth-order valence-electron chi connectivity index (χ4n) is 1.51. The topological polar surface area (TPSA) is 51.0 Å². The summed E-state index contributed by atoms with van der Waals surface area (Å²) in [7, 11) is 0. The van der Waals surface area contributed by atoms with Gasteiger partial charge in [0.05, 0.1) is 12.3 Å². The minimum Gasteiger partial charge on any atom is -0.338 e. The Morgan fingerprint density at radius 2 is 2.10 bits per heavy atom. The molecule has 0 amide bonds. The summed E-state index contributed by atoms with van der Waals surface area (Å²) in [5, 5.41) is 8.05. The van der Waals surface area contributed by atoms with Crippen LogP contribution in [0.25, 0.3) is 0 Å². The van der Waals surface area contributed by atoms with E-state index in [1.807, 2.05) is 24.3 Å². The van der Waals surface area contributed by atoms with Gasteiger partial charge in [-0.1, -0.05) is 23.7 Å². The fourth-order valence-corrected chi connectivity index (χ4v) is 2.37. The van der Waals surface area contributed by atoms with Crippen LogP contribution < -0.4 is 5.32 Å². The number of hydrogen-bond donors (Lipinski definition) is 1. The number of thioether (sulfide) groups is 1. The molecule has 1 unspecified atom stereocenters. The van der Waals surface area contributed by atoms with E-state index in [1.165, 1.54) is 0 Å². The Kier molecular flexibility index (Phi) is 5.88. The number of nitrogens with zero attached hydrogens (tertiary/aromatic N) is 2. The Balaban J connectivity index is 1.82. The number of benzene rings is 1. The van der Waals surface area contributed by atoms with Crippen molar-refractivity contribution in [2.75, 3.05) is 0 Å². The Labute approximate surface area is 128 Å². The molecule has 0 saturated carbocycles. The summed E-state index contributed by atoms with van der Waals surface area (Å²) in [6.07, 6.45) is 1.08. The number of nitrogens with one attached hydrogen (secondary N) is 1. The Bertz CT molecular complexity index is 529. The predicted octanol–water partition coefficient (Wildman–Crippen LogP) is 3.90. The number of halogens is 1. The molecule has 0 fully saturated rings. The summed E-state index contributed by atoms with van der Waals surface area (Å²) in [4.78, 5) is 5.50. The molecule has 0 radical (unpaired) electrons. The highest BCUT2D eigenvalue weighted by molar-refractivity contribution is 7.98. The molecule has 1 atom stereocenters. The zero-order chi connectivity index (χ0) is 14.4. The minimum atomic E-state index is 0.453. The van der Waals surface area contributed by atoms with Gasteiger partial charge in [0, 0.05) is 16.0 Å². The van der Waals surface area contributed by atoms with Crippen LogP contribution in [0.5, 0.6) is 0 Å². The largest absolute Gasteiger partial charge is 0.338 e. The highest BCUT2D eigenvalue weighted by Gasteiger charge is 2.08. The van der Waals surface area contributed by atoms with Crippen molar-refractivity contribution in [1.82, 2.24) is 15.5 Å². The van der Waals surface area contributed by atoms with Crippen molar-refractivity contribution in [2.24, 2.45) is 0 Å². The molecular formula is C14H18ClN3OS. The molecule has 6 heteroatoms. The van der Waals surface area contributed by atoms with Gasteiger partial charge in [0.1, 0.15) is 0 Å². The third kappa shape index (κ3) is 4.81. The molecule has 0 saturated heterocycles. The van der Waals surface area contributed by atoms with Crippen molar-refractivity contribution in [1.29, 1.82) is 0 Å².